The third-order valence-corrected chi connectivity index (χ3v) is 3.16. The monoisotopic (exact) mass is 219 g/mol. The summed E-state index contributed by atoms with van der Waals surface area (Å²) >= 11 is 0. The van der Waals surface area contributed by atoms with Gasteiger partial charge in [0.1, 0.15) is 0 Å². The van der Waals surface area contributed by atoms with Crippen molar-refractivity contribution in [2.24, 2.45) is 0 Å². The van der Waals surface area contributed by atoms with Gasteiger partial charge in [-0.3, -0.25) is 4.79 Å². The van der Waals surface area contributed by atoms with Gasteiger partial charge in [-0.1, -0.05) is 26.0 Å². The van der Waals surface area contributed by atoms with Crippen LogP contribution in [0.3, 0.4) is 0 Å². The lowest BCUT2D eigenvalue weighted by molar-refractivity contribution is 0.0988. The molecule has 0 aromatic heterocycles. The highest BCUT2D eigenvalue weighted by atomic mass is 16.1. The number of ketones is 1. The number of para-hydroxylation sites is 1. The molecule has 1 atom stereocenters. The summed E-state index contributed by atoms with van der Waals surface area (Å²) in [7, 11) is 2.05. The number of hydrogen-bond donors (Lipinski definition) is 0. The van der Waals surface area contributed by atoms with Crippen molar-refractivity contribution in [1.29, 1.82) is 0 Å². The molecule has 16 heavy (non-hydrogen) atoms. The zero-order chi connectivity index (χ0) is 12.1. The summed E-state index contributed by atoms with van der Waals surface area (Å²) in [6.07, 6.45) is 1.64. The van der Waals surface area contributed by atoms with E-state index in [9.17, 15) is 4.79 Å². The molecule has 0 saturated heterocycles. The molecule has 1 aromatic carbocycles. The molecule has 0 spiro atoms. The molecule has 1 unspecified atom stereocenters. The fourth-order valence-electron chi connectivity index (χ4n) is 1.72. The number of carbonyl (C=O) groups is 1. The van der Waals surface area contributed by atoms with E-state index >= 15 is 0 Å². The molecule has 1 rings (SSSR count). The molecule has 0 heterocycles. The van der Waals surface area contributed by atoms with Gasteiger partial charge < -0.3 is 4.90 Å². The third kappa shape index (κ3) is 2.63. The Kier molecular flexibility index (Phi) is 4.53. The Balaban J connectivity index is 3.08. The van der Waals surface area contributed by atoms with Gasteiger partial charge in [-0.05, 0) is 25.5 Å². The number of anilines is 1. The minimum atomic E-state index is 0.214. The molecule has 0 amide bonds. The van der Waals surface area contributed by atoms with E-state index in [0.717, 1.165) is 17.7 Å². The Morgan fingerprint density at radius 3 is 2.50 bits per heavy atom. The van der Waals surface area contributed by atoms with Crippen LogP contribution in [-0.4, -0.2) is 18.9 Å². The summed E-state index contributed by atoms with van der Waals surface area (Å²) in [6, 6.07) is 8.30. The maximum absolute atomic E-state index is 11.8. The van der Waals surface area contributed by atoms with Gasteiger partial charge in [0.05, 0.1) is 0 Å². The van der Waals surface area contributed by atoms with Gasteiger partial charge in [-0.25, -0.2) is 0 Å². The molecule has 88 valence electrons. The van der Waals surface area contributed by atoms with E-state index in [1.165, 1.54) is 0 Å². The van der Waals surface area contributed by atoms with Crippen molar-refractivity contribution in [3.05, 3.63) is 29.8 Å². The van der Waals surface area contributed by atoms with E-state index in [4.69, 9.17) is 0 Å². The first-order chi connectivity index (χ1) is 7.61. The van der Waals surface area contributed by atoms with Crippen molar-refractivity contribution >= 4 is 11.5 Å². The number of benzene rings is 1. The quantitative estimate of drug-likeness (QED) is 0.706. The van der Waals surface area contributed by atoms with Crippen LogP contribution in [0, 0.1) is 0 Å². The molecule has 0 bridgehead atoms. The Bertz CT molecular complexity index is 360. The van der Waals surface area contributed by atoms with Crippen LogP contribution in [0.15, 0.2) is 24.3 Å². The van der Waals surface area contributed by atoms with Crippen LogP contribution < -0.4 is 4.90 Å². The molecule has 2 heteroatoms. The molecule has 0 aliphatic carbocycles. The second-order valence-corrected chi connectivity index (χ2v) is 4.16. The van der Waals surface area contributed by atoms with Gasteiger partial charge >= 0.3 is 0 Å². The van der Waals surface area contributed by atoms with Crippen LogP contribution >= 0.6 is 0 Å². The lowest BCUT2D eigenvalue weighted by Crippen LogP contribution is -2.29. The summed E-state index contributed by atoms with van der Waals surface area (Å²) in [4.78, 5) is 14.0. The minimum absolute atomic E-state index is 0.214. The van der Waals surface area contributed by atoms with E-state index in [2.05, 4.69) is 25.8 Å². The molecule has 0 aliphatic rings. The van der Waals surface area contributed by atoms with Crippen molar-refractivity contribution < 1.29 is 4.79 Å². The topological polar surface area (TPSA) is 20.3 Å². The molecule has 0 radical (unpaired) electrons. The van der Waals surface area contributed by atoms with Crippen molar-refractivity contribution in [2.45, 2.75) is 39.7 Å². The lowest BCUT2D eigenvalue weighted by Gasteiger charge is -2.27. The van der Waals surface area contributed by atoms with Gasteiger partial charge in [-0.15, -0.1) is 0 Å². The molecular formula is C14H21NO. The standard InChI is InChI=1S/C14H21NO/c1-5-11(3)15(4)13-10-8-7-9-12(13)14(16)6-2/h7-11H,5-6H2,1-4H3. The number of nitrogens with zero attached hydrogens (tertiary/aromatic N) is 1. The zero-order valence-corrected chi connectivity index (χ0v) is 10.7. The van der Waals surface area contributed by atoms with Gasteiger partial charge in [0.2, 0.25) is 0 Å². The van der Waals surface area contributed by atoms with Crippen LogP contribution in [0.1, 0.15) is 44.0 Å². The van der Waals surface area contributed by atoms with Crippen molar-refractivity contribution in [2.75, 3.05) is 11.9 Å². The molecule has 0 N–H and O–H groups in total. The lowest BCUT2D eigenvalue weighted by atomic mass is 10.0. The second-order valence-electron chi connectivity index (χ2n) is 4.16. The highest BCUT2D eigenvalue weighted by Gasteiger charge is 2.15. The largest absolute Gasteiger partial charge is 0.371 e. The Morgan fingerprint density at radius 1 is 1.31 bits per heavy atom. The number of carbonyl (C=O) groups excluding carboxylic acids is 1. The van der Waals surface area contributed by atoms with Crippen LogP contribution in [0.2, 0.25) is 0 Å². The van der Waals surface area contributed by atoms with Gasteiger partial charge in [0.15, 0.2) is 5.78 Å². The highest BCUT2D eigenvalue weighted by Crippen LogP contribution is 2.23. The number of Topliss-reactive ketones (excluding diaryl/α,β-unsaturated/α-hetero) is 1. The summed E-state index contributed by atoms with van der Waals surface area (Å²) in [5, 5.41) is 0. The summed E-state index contributed by atoms with van der Waals surface area (Å²) in [5.74, 6) is 0.214. The third-order valence-electron chi connectivity index (χ3n) is 3.16. The molecule has 0 saturated carbocycles. The zero-order valence-electron chi connectivity index (χ0n) is 10.7. The summed E-state index contributed by atoms with van der Waals surface area (Å²) < 4.78 is 0. The predicted octanol–water partition coefficient (Wildman–Crippen LogP) is 3.51. The molecule has 0 fully saturated rings. The molecule has 1 aromatic rings. The van der Waals surface area contributed by atoms with Crippen molar-refractivity contribution in [3.8, 4) is 0 Å². The first kappa shape index (κ1) is 12.8. The maximum atomic E-state index is 11.8. The highest BCUT2D eigenvalue weighted by molar-refractivity contribution is 6.01. The van der Waals surface area contributed by atoms with E-state index in [-0.39, 0.29) is 5.78 Å². The fraction of sp³-hybridized carbons (Fsp3) is 0.500. The Morgan fingerprint density at radius 2 is 1.94 bits per heavy atom. The molecular weight excluding hydrogens is 198 g/mol. The number of hydrogen-bond acceptors (Lipinski definition) is 2. The van der Waals surface area contributed by atoms with Gasteiger partial charge in [0, 0.05) is 30.8 Å². The summed E-state index contributed by atoms with van der Waals surface area (Å²) in [5.41, 5.74) is 1.89. The fourth-order valence-corrected chi connectivity index (χ4v) is 1.72. The molecule has 2 nitrogen and oxygen atoms in total. The van der Waals surface area contributed by atoms with E-state index in [0.29, 0.717) is 12.5 Å². The van der Waals surface area contributed by atoms with Crippen molar-refractivity contribution in [3.63, 3.8) is 0 Å². The Labute approximate surface area is 98.3 Å². The minimum Gasteiger partial charge on any atom is -0.371 e. The van der Waals surface area contributed by atoms with Crippen LogP contribution in [-0.2, 0) is 0 Å². The Hall–Kier alpha value is -1.31. The van der Waals surface area contributed by atoms with Crippen molar-refractivity contribution in [1.82, 2.24) is 0 Å². The SMILES string of the molecule is CCC(=O)c1ccccc1N(C)C(C)CC. The van der Waals surface area contributed by atoms with Crippen LogP contribution in [0.25, 0.3) is 0 Å². The van der Waals surface area contributed by atoms with Gasteiger partial charge in [0.25, 0.3) is 0 Å². The average Bonchev–Trinajstić information content (AvgIpc) is 2.35. The maximum Gasteiger partial charge on any atom is 0.164 e. The normalized spacial score (nSPS) is 12.2. The number of rotatable bonds is 5. The van der Waals surface area contributed by atoms with E-state index in [1.54, 1.807) is 0 Å². The average molecular weight is 219 g/mol. The smallest absolute Gasteiger partial charge is 0.164 e. The van der Waals surface area contributed by atoms with E-state index < -0.39 is 0 Å². The summed E-state index contributed by atoms with van der Waals surface area (Å²) in [6.45, 7) is 6.24. The first-order valence-corrected chi connectivity index (χ1v) is 5.96. The first-order valence-electron chi connectivity index (χ1n) is 5.96. The van der Waals surface area contributed by atoms with Gasteiger partial charge in [-0.2, -0.15) is 0 Å². The van der Waals surface area contributed by atoms with Crippen LogP contribution in [0.5, 0.6) is 0 Å². The predicted molar refractivity (Wildman–Crippen MR) is 69.2 cm³/mol. The van der Waals surface area contributed by atoms with E-state index in [1.807, 2.05) is 31.2 Å². The molecule has 0 aliphatic heterocycles. The van der Waals surface area contributed by atoms with Crippen LogP contribution in [0.4, 0.5) is 5.69 Å². The second kappa shape index (κ2) is 5.69.